The molecular weight excluding hydrogens is 335 g/mol. The minimum absolute atomic E-state index is 0.167. The van der Waals surface area contributed by atoms with Gasteiger partial charge in [-0.15, -0.1) is 0 Å². The van der Waals surface area contributed by atoms with E-state index in [-0.39, 0.29) is 17.3 Å². The molecule has 1 saturated heterocycles. The van der Waals surface area contributed by atoms with Gasteiger partial charge in [0.15, 0.2) is 5.82 Å². The molecular formula is C19H19FN4O2. The number of nitrogens with one attached hydrogen (secondary N) is 1. The van der Waals surface area contributed by atoms with E-state index in [9.17, 15) is 9.18 Å². The van der Waals surface area contributed by atoms with Crippen LogP contribution in [0.2, 0.25) is 0 Å². The van der Waals surface area contributed by atoms with Crippen LogP contribution < -0.4 is 5.56 Å². The van der Waals surface area contributed by atoms with Gasteiger partial charge in [0, 0.05) is 24.7 Å². The first-order valence-corrected chi connectivity index (χ1v) is 8.67. The predicted molar refractivity (Wildman–Crippen MR) is 94.0 cm³/mol. The minimum atomic E-state index is -0.195. The number of piperidine rings is 1. The maximum atomic E-state index is 13.3. The van der Waals surface area contributed by atoms with Crippen LogP contribution in [0, 0.1) is 5.82 Å². The van der Waals surface area contributed by atoms with Gasteiger partial charge in [-0.05, 0) is 49.7 Å². The van der Waals surface area contributed by atoms with Crippen LogP contribution in [0.1, 0.15) is 30.1 Å². The average molecular weight is 354 g/mol. The third-order valence-electron chi connectivity index (χ3n) is 4.72. The smallest absolute Gasteiger partial charge is 0.259 e. The average Bonchev–Trinajstić information content (AvgIpc) is 3.13. The molecule has 2 aromatic heterocycles. The van der Waals surface area contributed by atoms with E-state index >= 15 is 0 Å². The zero-order valence-corrected chi connectivity index (χ0v) is 14.2. The van der Waals surface area contributed by atoms with Gasteiger partial charge in [0.1, 0.15) is 5.82 Å². The maximum absolute atomic E-state index is 13.3. The number of nitrogens with zero attached hydrogens (tertiary/aromatic N) is 3. The van der Waals surface area contributed by atoms with Gasteiger partial charge in [-0.1, -0.05) is 17.3 Å². The Morgan fingerprint density at radius 2 is 2.08 bits per heavy atom. The lowest BCUT2D eigenvalue weighted by Crippen LogP contribution is -2.32. The van der Waals surface area contributed by atoms with Crippen LogP contribution in [0.5, 0.6) is 0 Å². The molecule has 7 heteroatoms. The first-order chi connectivity index (χ1) is 12.7. The fraction of sp³-hybridized carbons (Fsp3) is 0.316. The van der Waals surface area contributed by atoms with Gasteiger partial charge in [-0.2, -0.15) is 4.98 Å². The number of rotatable bonds is 4. The summed E-state index contributed by atoms with van der Waals surface area (Å²) in [6.07, 6.45) is 3.43. The van der Waals surface area contributed by atoms with Crippen LogP contribution in [-0.2, 0) is 6.54 Å². The first kappa shape index (κ1) is 16.7. The second-order valence-corrected chi connectivity index (χ2v) is 6.58. The van der Waals surface area contributed by atoms with Crippen molar-refractivity contribution in [2.75, 3.05) is 13.1 Å². The molecule has 1 aliphatic heterocycles. The molecule has 4 rings (SSSR count). The monoisotopic (exact) mass is 354 g/mol. The van der Waals surface area contributed by atoms with Gasteiger partial charge in [-0.3, -0.25) is 9.69 Å². The summed E-state index contributed by atoms with van der Waals surface area (Å²) >= 11 is 0. The van der Waals surface area contributed by atoms with E-state index in [0.717, 1.165) is 38.0 Å². The summed E-state index contributed by atoms with van der Waals surface area (Å²) in [5.41, 5.74) is 1.52. The Labute approximate surface area is 149 Å². The molecule has 6 nitrogen and oxygen atoms in total. The van der Waals surface area contributed by atoms with Crippen LogP contribution in [-0.4, -0.2) is 33.1 Å². The van der Waals surface area contributed by atoms with Crippen molar-refractivity contribution in [2.45, 2.75) is 25.3 Å². The van der Waals surface area contributed by atoms with Crippen molar-refractivity contribution in [2.24, 2.45) is 0 Å². The molecule has 0 amide bonds. The van der Waals surface area contributed by atoms with Gasteiger partial charge in [0.05, 0.1) is 5.56 Å². The molecule has 0 atom stereocenters. The van der Waals surface area contributed by atoms with Crippen molar-refractivity contribution in [1.82, 2.24) is 20.0 Å². The van der Waals surface area contributed by atoms with E-state index in [0.29, 0.717) is 17.3 Å². The highest BCUT2D eigenvalue weighted by molar-refractivity contribution is 5.50. The van der Waals surface area contributed by atoms with E-state index in [1.165, 1.54) is 12.1 Å². The van der Waals surface area contributed by atoms with Crippen molar-refractivity contribution >= 4 is 0 Å². The Morgan fingerprint density at radius 1 is 1.23 bits per heavy atom. The van der Waals surface area contributed by atoms with Crippen molar-refractivity contribution in [3.63, 3.8) is 0 Å². The molecule has 1 fully saturated rings. The summed E-state index contributed by atoms with van der Waals surface area (Å²) in [6.45, 7) is 2.56. The summed E-state index contributed by atoms with van der Waals surface area (Å²) in [4.78, 5) is 20.5. The molecule has 1 N–H and O–H groups in total. The molecule has 3 aromatic rings. The number of aromatic nitrogens is 3. The number of benzene rings is 1. The number of hydrogen-bond donors (Lipinski definition) is 1. The van der Waals surface area contributed by atoms with Gasteiger partial charge in [-0.25, -0.2) is 4.39 Å². The fourth-order valence-electron chi connectivity index (χ4n) is 3.30. The SMILES string of the molecule is O=c1ccc(-c2nc(C3CCN(Cc4cccc(F)c4)CC3)no2)c[nH]1. The summed E-state index contributed by atoms with van der Waals surface area (Å²) in [7, 11) is 0. The van der Waals surface area contributed by atoms with Gasteiger partial charge >= 0.3 is 0 Å². The fourth-order valence-corrected chi connectivity index (χ4v) is 3.30. The number of pyridine rings is 1. The van der Waals surface area contributed by atoms with Crippen molar-refractivity contribution in [3.8, 4) is 11.5 Å². The number of H-pyrrole nitrogens is 1. The normalized spacial score (nSPS) is 16.0. The number of likely N-dealkylation sites (tertiary alicyclic amines) is 1. The topological polar surface area (TPSA) is 75.0 Å². The first-order valence-electron chi connectivity index (χ1n) is 8.67. The number of hydrogen-bond acceptors (Lipinski definition) is 5. The lowest BCUT2D eigenvalue weighted by molar-refractivity contribution is 0.200. The Balaban J connectivity index is 1.37. The molecule has 0 bridgehead atoms. The Bertz CT molecular complexity index is 924. The quantitative estimate of drug-likeness (QED) is 0.780. The lowest BCUT2D eigenvalue weighted by atomic mass is 9.96. The largest absolute Gasteiger partial charge is 0.334 e. The Kier molecular flexibility index (Phi) is 4.62. The lowest BCUT2D eigenvalue weighted by Gasteiger charge is -2.30. The van der Waals surface area contributed by atoms with Gasteiger partial charge < -0.3 is 9.51 Å². The summed E-state index contributed by atoms with van der Waals surface area (Å²) in [6, 6.07) is 9.84. The molecule has 0 saturated carbocycles. The maximum Gasteiger partial charge on any atom is 0.259 e. The molecule has 0 aliphatic carbocycles. The van der Waals surface area contributed by atoms with Crippen LogP contribution >= 0.6 is 0 Å². The van der Waals surface area contributed by atoms with Crippen molar-refractivity contribution in [3.05, 3.63) is 70.2 Å². The van der Waals surface area contributed by atoms with E-state index in [2.05, 4.69) is 20.0 Å². The molecule has 3 heterocycles. The summed E-state index contributed by atoms with van der Waals surface area (Å²) in [5, 5.41) is 4.11. The highest BCUT2D eigenvalue weighted by Gasteiger charge is 2.25. The highest BCUT2D eigenvalue weighted by atomic mass is 19.1. The second-order valence-electron chi connectivity index (χ2n) is 6.58. The molecule has 0 radical (unpaired) electrons. The summed E-state index contributed by atoms with van der Waals surface area (Å²) in [5.74, 6) is 1.17. The van der Waals surface area contributed by atoms with E-state index in [1.54, 1.807) is 24.4 Å². The van der Waals surface area contributed by atoms with Crippen LogP contribution in [0.25, 0.3) is 11.5 Å². The van der Waals surface area contributed by atoms with Crippen molar-refractivity contribution in [1.29, 1.82) is 0 Å². The molecule has 0 spiro atoms. The number of halogens is 1. The van der Waals surface area contributed by atoms with Crippen LogP contribution in [0.3, 0.4) is 0 Å². The number of aromatic amines is 1. The predicted octanol–water partition coefficient (Wildman–Crippen LogP) is 2.94. The molecule has 26 heavy (non-hydrogen) atoms. The molecule has 134 valence electrons. The van der Waals surface area contributed by atoms with Crippen molar-refractivity contribution < 1.29 is 8.91 Å². The van der Waals surface area contributed by atoms with Crippen LogP contribution in [0.15, 0.2) is 51.9 Å². The Morgan fingerprint density at radius 3 is 2.81 bits per heavy atom. The third-order valence-corrected chi connectivity index (χ3v) is 4.72. The van der Waals surface area contributed by atoms with Crippen LogP contribution in [0.4, 0.5) is 4.39 Å². The summed E-state index contributed by atoms with van der Waals surface area (Å²) < 4.78 is 18.6. The highest BCUT2D eigenvalue weighted by Crippen LogP contribution is 2.28. The molecule has 0 unspecified atom stereocenters. The second kappa shape index (κ2) is 7.21. The van der Waals surface area contributed by atoms with E-state index in [1.807, 2.05) is 6.07 Å². The van der Waals surface area contributed by atoms with Gasteiger partial charge in [0.25, 0.3) is 5.89 Å². The molecule has 1 aliphatic rings. The van der Waals surface area contributed by atoms with E-state index < -0.39 is 0 Å². The zero-order chi connectivity index (χ0) is 17.9. The minimum Gasteiger partial charge on any atom is -0.334 e. The van der Waals surface area contributed by atoms with E-state index in [4.69, 9.17) is 4.52 Å². The Hall–Kier alpha value is -2.80. The molecule has 1 aromatic carbocycles. The standard InChI is InChI=1S/C19H19FN4O2/c20-16-3-1-2-13(10-16)12-24-8-6-14(7-9-24)18-22-19(26-23-18)15-4-5-17(25)21-11-15/h1-5,10-11,14H,6-9,12H2,(H,21,25). The third kappa shape index (κ3) is 3.72. The van der Waals surface area contributed by atoms with Gasteiger partial charge in [0.2, 0.25) is 5.56 Å². The zero-order valence-electron chi connectivity index (χ0n) is 14.2.